The summed E-state index contributed by atoms with van der Waals surface area (Å²) in [6.45, 7) is 41.3. The second-order valence-corrected chi connectivity index (χ2v) is 25.7. The van der Waals surface area contributed by atoms with Gasteiger partial charge in [-0.05, 0) is 168 Å². The van der Waals surface area contributed by atoms with E-state index >= 15 is 0 Å². The summed E-state index contributed by atoms with van der Waals surface area (Å²) in [5, 5.41) is 2.77. The van der Waals surface area contributed by atoms with Gasteiger partial charge < -0.3 is 9.38 Å². The number of aromatic nitrogens is 1. The lowest BCUT2D eigenvalue weighted by Crippen LogP contribution is -2.57. The summed E-state index contributed by atoms with van der Waals surface area (Å²) in [7, 11) is 0. The molecule has 316 valence electrons. The number of nitrogens with zero attached hydrogens (tertiary/aromatic N) is 2. The average Bonchev–Trinajstić information content (AvgIpc) is 3.49. The molecule has 0 fully saturated rings. The number of hydrogen-bond acceptors (Lipinski definition) is 1. The number of rotatable bonds is 1. The molecule has 2 aliphatic heterocycles. The van der Waals surface area contributed by atoms with Crippen LogP contribution in [-0.4, -0.2) is 11.3 Å². The minimum absolute atomic E-state index is 0.0148. The Morgan fingerprint density at radius 2 is 0.967 bits per heavy atom. The Labute approximate surface area is 368 Å². The third kappa shape index (κ3) is 5.87. The quantitative estimate of drug-likeness (QED) is 0.150. The maximum absolute atomic E-state index is 2.80. The molecular formula is C58H71BN2. The van der Waals surface area contributed by atoms with Gasteiger partial charge in [0.2, 0.25) is 0 Å². The molecular weight excluding hydrogens is 735 g/mol. The SMILES string of the molecule is CC(C)(C)c1cc2c3c(c1)N(c1ccc4c(c1)C(C)(C)CCC4(C)C)c1cc4c(cc1B3n1c3ccc(C(C)(C)C)cc3c3cc(C(C)(C)C)cc-2c31)C(C)(C)CCC4(C)C. The third-order valence-electron chi connectivity index (χ3n) is 16.3. The molecule has 0 saturated carbocycles. The number of anilines is 3. The monoisotopic (exact) mass is 807 g/mol. The van der Waals surface area contributed by atoms with Gasteiger partial charge in [0.05, 0.1) is 0 Å². The highest BCUT2D eigenvalue weighted by molar-refractivity contribution is 6.90. The first-order valence-corrected chi connectivity index (χ1v) is 23.6. The molecule has 0 amide bonds. The van der Waals surface area contributed by atoms with Crippen LogP contribution in [0.1, 0.15) is 182 Å². The Morgan fingerprint density at radius 3 is 1.56 bits per heavy atom. The molecule has 0 radical (unpaired) electrons. The van der Waals surface area contributed by atoms with Crippen molar-refractivity contribution >= 4 is 56.6 Å². The largest absolute Gasteiger partial charge is 0.375 e. The van der Waals surface area contributed by atoms with Crippen LogP contribution in [0.5, 0.6) is 0 Å². The van der Waals surface area contributed by atoms with Crippen LogP contribution >= 0.6 is 0 Å². The summed E-state index contributed by atoms with van der Waals surface area (Å²) in [5.41, 5.74) is 23.0. The van der Waals surface area contributed by atoms with Crippen molar-refractivity contribution in [1.29, 1.82) is 0 Å². The summed E-state index contributed by atoms with van der Waals surface area (Å²) >= 11 is 0. The Morgan fingerprint density at radius 1 is 0.459 bits per heavy atom. The van der Waals surface area contributed by atoms with Crippen molar-refractivity contribution in [2.45, 2.75) is 181 Å². The Bertz CT molecular complexity index is 2870. The zero-order valence-electron chi connectivity index (χ0n) is 40.7. The van der Waals surface area contributed by atoms with E-state index in [2.05, 4.69) is 200 Å². The van der Waals surface area contributed by atoms with Gasteiger partial charge in [0, 0.05) is 44.4 Å². The lowest BCUT2D eigenvalue weighted by atomic mass is 9.44. The second kappa shape index (κ2) is 12.3. The zero-order chi connectivity index (χ0) is 43.9. The third-order valence-corrected chi connectivity index (χ3v) is 16.3. The van der Waals surface area contributed by atoms with E-state index in [1.165, 1.54) is 126 Å². The van der Waals surface area contributed by atoms with Crippen LogP contribution in [-0.2, 0) is 37.9 Å². The minimum Gasteiger partial charge on any atom is -0.375 e. The summed E-state index contributed by atoms with van der Waals surface area (Å²) in [5.74, 6) is 0. The maximum atomic E-state index is 2.80. The summed E-state index contributed by atoms with van der Waals surface area (Å²) in [6.07, 6.45) is 4.79. The maximum Gasteiger partial charge on any atom is 0.333 e. The van der Waals surface area contributed by atoms with E-state index < -0.39 is 0 Å². The van der Waals surface area contributed by atoms with Crippen LogP contribution in [0, 0.1) is 0 Å². The highest BCUT2D eigenvalue weighted by Crippen LogP contribution is 2.54. The van der Waals surface area contributed by atoms with E-state index in [9.17, 15) is 0 Å². The van der Waals surface area contributed by atoms with Crippen LogP contribution in [0.15, 0.2) is 72.8 Å². The molecule has 0 atom stereocenters. The van der Waals surface area contributed by atoms with Crippen LogP contribution in [0.2, 0.25) is 0 Å². The minimum atomic E-state index is -0.0524. The summed E-state index contributed by atoms with van der Waals surface area (Å²) in [4.78, 5) is 2.73. The van der Waals surface area contributed by atoms with E-state index in [-0.39, 0.29) is 44.8 Å². The molecule has 0 spiro atoms. The van der Waals surface area contributed by atoms with Crippen molar-refractivity contribution in [2.75, 3.05) is 4.90 Å². The molecule has 0 N–H and O–H groups in total. The van der Waals surface area contributed by atoms with E-state index in [0.29, 0.717) is 0 Å². The van der Waals surface area contributed by atoms with Gasteiger partial charge in [0.1, 0.15) is 0 Å². The number of benzene rings is 5. The molecule has 2 nitrogen and oxygen atoms in total. The molecule has 3 heterocycles. The lowest BCUT2D eigenvalue weighted by molar-refractivity contribution is 0.332. The normalized spacial score (nSPS) is 19.4. The van der Waals surface area contributed by atoms with E-state index in [0.717, 1.165) is 0 Å². The summed E-state index contributed by atoms with van der Waals surface area (Å²) < 4.78 is 2.80. The fourth-order valence-corrected chi connectivity index (χ4v) is 11.9. The molecule has 6 aromatic rings. The molecule has 0 unspecified atom stereocenters. The van der Waals surface area contributed by atoms with Crippen molar-refractivity contribution in [3.63, 3.8) is 0 Å². The lowest BCUT2D eigenvalue weighted by Gasteiger charge is -2.47. The molecule has 5 aromatic carbocycles. The molecule has 1 aromatic heterocycles. The van der Waals surface area contributed by atoms with Gasteiger partial charge in [0.25, 0.3) is 0 Å². The zero-order valence-corrected chi connectivity index (χ0v) is 40.7. The van der Waals surface area contributed by atoms with Crippen molar-refractivity contribution in [3.8, 4) is 11.1 Å². The highest BCUT2D eigenvalue weighted by Gasteiger charge is 2.47. The van der Waals surface area contributed by atoms with Gasteiger partial charge in [-0.3, -0.25) is 0 Å². The van der Waals surface area contributed by atoms with Gasteiger partial charge in [-0.25, -0.2) is 0 Å². The Hall–Kier alpha value is -4.24. The van der Waals surface area contributed by atoms with Gasteiger partial charge in [-0.1, -0.05) is 142 Å². The molecule has 61 heavy (non-hydrogen) atoms. The predicted molar refractivity (Wildman–Crippen MR) is 267 cm³/mol. The molecule has 3 heteroatoms. The first-order chi connectivity index (χ1) is 28.1. The van der Waals surface area contributed by atoms with Crippen LogP contribution in [0.25, 0.3) is 32.9 Å². The number of hydrogen-bond donors (Lipinski definition) is 0. The molecule has 4 aliphatic rings. The van der Waals surface area contributed by atoms with Gasteiger partial charge >= 0.3 is 6.85 Å². The fraction of sp³-hybridized carbons (Fsp3) is 0.483. The predicted octanol–water partition coefficient (Wildman–Crippen LogP) is 14.8. The number of fused-ring (bicyclic) bond motifs is 9. The van der Waals surface area contributed by atoms with Crippen molar-refractivity contribution in [1.82, 2.24) is 4.48 Å². The van der Waals surface area contributed by atoms with Gasteiger partial charge in [-0.2, -0.15) is 0 Å². The first kappa shape index (κ1) is 40.8. The van der Waals surface area contributed by atoms with E-state index in [4.69, 9.17) is 0 Å². The van der Waals surface area contributed by atoms with Crippen molar-refractivity contribution in [2.24, 2.45) is 0 Å². The Kier molecular flexibility index (Phi) is 8.21. The molecule has 0 saturated heterocycles. The van der Waals surface area contributed by atoms with Crippen LogP contribution in [0.4, 0.5) is 17.1 Å². The smallest absolute Gasteiger partial charge is 0.333 e. The van der Waals surface area contributed by atoms with E-state index in [1.54, 1.807) is 0 Å². The molecule has 0 bridgehead atoms. The van der Waals surface area contributed by atoms with Crippen LogP contribution < -0.4 is 15.8 Å². The fourth-order valence-electron chi connectivity index (χ4n) is 11.9. The van der Waals surface area contributed by atoms with E-state index in [1.807, 2.05) is 0 Å². The highest BCUT2D eigenvalue weighted by atomic mass is 15.2. The second-order valence-electron chi connectivity index (χ2n) is 25.7. The first-order valence-electron chi connectivity index (χ1n) is 23.6. The average molecular weight is 807 g/mol. The van der Waals surface area contributed by atoms with Crippen molar-refractivity contribution in [3.05, 3.63) is 112 Å². The standard InChI is InChI=1S/C58H71BN2/c1-52(2,3)34-18-21-47-38(26-34)40-28-35(53(4,5)6)29-41-39-27-36(54(7,8)9)30-49-50(39)59(61(47)51(40)41)46-32-44-45(58(16,17)25-24-57(44,14)15)33-48(46)60(49)37-19-20-42-43(31-37)56(12,13)23-22-55(42,10)11/h18-21,26-33H,22-25H2,1-17H3. The molecule has 2 aliphatic carbocycles. The topological polar surface area (TPSA) is 8.17 Å². The Balaban J connectivity index is 1.40. The van der Waals surface area contributed by atoms with Gasteiger partial charge in [-0.15, -0.1) is 0 Å². The van der Waals surface area contributed by atoms with Crippen LogP contribution in [0.3, 0.4) is 0 Å². The molecule has 10 rings (SSSR count). The summed E-state index contributed by atoms with van der Waals surface area (Å²) in [6, 6.07) is 30.7. The van der Waals surface area contributed by atoms with Crippen molar-refractivity contribution < 1.29 is 0 Å². The van der Waals surface area contributed by atoms with Gasteiger partial charge in [0.15, 0.2) is 0 Å².